The molecule has 102 valence electrons. The Balaban J connectivity index is 3.09. The van der Waals surface area contributed by atoms with Crippen molar-refractivity contribution >= 4 is 33.0 Å². The molecule has 0 aliphatic rings. The van der Waals surface area contributed by atoms with E-state index in [2.05, 4.69) is 5.32 Å². The van der Waals surface area contributed by atoms with Crippen LogP contribution in [0.5, 0.6) is 0 Å². The zero-order valence-electron chi connectivity index (χ0n) is 10.6. The fraction of sp³-hybridized carbons (Fsp3) is 0.500. The molecule has 0 aliphatic carbocycles. The lowest BCUT2D eigenvalue weighted by Gasteiger charge is -2.18. The van der Waals surface area contributed by atoms with Crippen LogP contribution in [0.15, 0.2) is 23.1 Å². The Morgan fingerprint density at radius 3 is 2.44 bits per heavy atom. The molecule has 0 radical (unpaired) electrons. The molecule has 0 aliphatic heterocycles. The van der Waals surface area contributed by atoms with Crippen LogP contribution in [0.1, 0.15) is 20.3 Å². The molecule has 0 heterocycles. The molecular weight excluding hydrogens is 293 g/mol. The van der Waals surface area contributed by atoms with Crippen molar-refractivity contribution in [1.29, 1.82) is 0 Å². The Bertz CT molecular complexity index is 517. The third-order valence-electron chi connectivity index (χ3n) is 2.91. The van der Waals surface area contributed by atoms with Crippen LogP contribution in [0.3, 0.4) is 0 Å². The predicted octanol–water partition coefficient (Wildman–Crippen LogP) is 3.15. The standard InChI is InChI=1S/C12H17Cl2NO2S/c1-8(15-3)6-9(2)18(16,17)12-7-10(13)4-5-11(12)14/h4-5,7-9,15H,6H2,1-3H3. The molecule has 1 N–H and O–H groups in total. The van der Waals surface area contributed by atoms with Gasteiger partial charge in [0, 0.05) is 11.1 Å². The van der Waals surface area contributed by atoms with Crippen LogP contribution in [-0.4, -0.2) is 26.8 Å². The maximum atomic E-state index is 12.4. The Labute approximate surface area is 118 Å². The van der Waals surface area contributed by atoms with E-state index in [0.29, 0.717) is 11.4 Å². The number of sulfone groups is 1. The fourth-order valence-corrected chi connectivity index (χ4v) is 3.94. The van der Waals surface area contributed by atoms with E-state index in [-0.39, 0.29) is 16.0 Å². The maximum Gasteiger partial charge on any atom is 0.182 e. The molecule has 3 nitrogen and oxygen atoms in total. The minimum absolute atomic E-state index is 0.104. The van der Waals surface area contributed by atoms with Gasteiger partial charge in [-0.05, 0) is 45.5 Å². The molecule has 1 rings (SSSR count). The Hall–Kier alpha value is -0.290. The summed E-state index contributed by atoms with van der Waals surface area (Å²) < 4.78 is 24.8. The second-order valence-corrected chi connectivity index (χ2v) is 7.53. The zero-order chi connectivity index (χ0) is 13.9. The first kappa shape index (κ1) is 15.8. The van der Waals surface area contributed by atoms with E-state index in [0.717, 1.165) is 0 Å². The molecular formula is C12H17Cl2NO2S. The van der Waals surface area contributed by atoms with Crippen LogP contribution >= 0.6 is 23.2 Å². The van der Waals surface area contributed by atoms with Gasteiger partial charge in [-0.25, -0.2) is 8.42 Å². The van der Waals surface area contributed by atoms with Crippen LogP contribution in [0.25, 0.3) is 0 Å². The minimum Gasteiger partial charge on any atom is -0.317 e. The quantitative estimate of drug-likeness (QED) is 0.909. The van der Waals surface area contributed by atoms with Crippen molar-refractivity contribution in [1.82, 2.24) is 5.32 Å². The van der Waals surface area contributed by atoms with E-state index < -0.39 is 15.1 Å². The van der Waals surface area contributed by atoms with Gasteiger partial charge in [0.05, 0.1) is 15.2 Å². The van der Waals surface area contributed by atoms with E-state index in [4.69, 9.17) is 23.2 Å². The van der Waals surface area contributed by atoms with Gasteiger partial charge in [0.25, 0.3) is 0 Å². The Kier molecular flexibility index (Phi) is 5.46. The normalized spacial score (nSPS) is 15.4. The van der Waals surface area contributed by atoms with Gasteiger partial charge in [-0.2, -0.15) is 0 Å². The highest BCUT2D eigenvalue weighted by Gasteiger charge is 2.27. The van der Waals surface area contributed by atoms with E-state index >= 15 is 0 Å². The lowest BCUT2D eigenvalue weighted by molar-refractivity contribution is 0.530. The maximum absolute atomic E-state index is 12.4. The van der Waals surface area contributed by atoms with E-state index in [1.54, 1.807) is 20.0 Å². The fourth-order valence-electron chi connectivity index (χ4n) is 1.65. The molecule has 18 heavy (non-hydrogen) atoms. The van der Waals surface area contributed by atoms with Crippen molar-refractivity contribution in [3.63, 3.8) is 0 Å². The molecule has 0 aromatic heterocycles. The molecule has 0 bridgehead atoms. The predicted molar refractivity (Wildman–Crippen MR) is 76.2 cm³/mol. The molecule has 2 atom stereocenters. The molecule has 1 aromatic carbocycles. The summed E-state index contributed by atoms with van der Waals surface area (Å²) in [5, 5.41) is 3.08. The summed E-state index contributed by atoms with van der Waals surface area (Å²) in [6, 6.07) is 4.60. The van der Waals surface area contributed by atoms with Gasteiger partial charge in [0.1, 0.15) is 0 Å². The van der Waals surface area contributed by atoms with Crippen molar-refractivity contribution in [2.75, 3.05) is 7.05 Å². The highest BCUT2D eigenvalue weighted by atomic mass is 35.5. The second kappa shape index (κ2) is 6.24. The largest absolute Gasteiger partial charge is 0.317 e. The number of halogens is 2. The Morgan fingerprint density at radius 2 is 1.89 bits per heavy atom. The third-order valence-corrected chi connectivity index (χ3v) is 5.79. The minimum atomic E-state index is -3.45. The van der Waals surface area contributed by atoms with Crippen molar-refractivity contribution in [3.05, 3.63) is 28.2 Å². The van der Waals surface area contributed by atoms with Crippen molar-refractivity contribution in [3.8, 4) is 0 Å². The summed E-state index contributed by atoms with van der Waals surface area (Å²) in [7, 11) is -1.65. The topological polar surface area (TPSA) is 46.2 Å². The van der Waals surface area contributed by atoms with E-state index in [1.807, 2.05) is 6.92 Å². The van der Waals surface area contributed by atoms with Gasteiger partial charge in [0.15, 0.2) is 9.84 Å². The lowest BCUT2D eigenvalue weighted by atomic mass is 10.2. The van der Waals surface area contributed by atoms with Gasteiger partial charge < -0.3 is 5.32 Å². The van der Waals surface area contributed by atoms with Crippen molar-refractivity contribution in [2.45, 2.75) is 36.5 Å². The van der Waals surface area contributed by atoms with Crippen LogP contribution in [-0.2, 0) is 9.84 Å². The van der Waals surface area contributed by atoms with Crippen LogP contribution in [0, 0.1) is 0 Å². The summed E-state index contributed by atoms with van der Waals surface area (Å²) in [6.07, 6.45) is 0.516. The van der Waals surface area contributed by atoms with E-state index in [1.165, 1.54) is 12.1 Å². The highest BCUT2D eigenvalue weighted by Crippen LogP contribution is 2.29. The first-order valence-electron chi connectivity index (χ1n) is 5.65. The second-order valence-electron chi connectivity index (χ2n) is 4.36. The molecule has 1 aromatic rings. The summed E-state index contributed by atoms with van der Waals surface area (Å²) in [6.45, 7) is 3.62. The van der Waals surface area contributed by atoms with Crippen LogP contribution < -0.4 is 5.32 Å². The monoisotopic (exact) mass is 309 g/mol. The highest BCUT2D eigenvalue weighted by molar-refractivity contribution is 7.92. The molecule has 2 unspecified atom stereocenters. The van der Waals surface area contributed by atoms with Gasteiger partial charge >= 0.3 is 0 Å². The molecule has 0 amide bonds. The van der Waals surface area contributed by atoms with Crippen molar-refractivity contribution in [2.24, 2.45) is 0 Å². The summed E-state index contributed by atoms with van der Waals surface area (Å²) in [5.74, 6) is 0. The average Bonchev–Trinajstić information content (AvgIpc) is 2.31. The summed E-state index contributed by atoms with van der Waals surface area (Å²) in [4.78, 5) is 0.104. The molecule has 0 spiro atoms. The third kappa shape index (κ3) is 3.60. The van der Waals surface area contributed by atoms with Gasteiger partial charge in [-0.1, -0.05) is 23.2 Å². The first-order valence-corrected chi connectivity index (χ1v) is 7.95. The lowest BCUT2D eigenvalue weighted by Crippen LogP contribution is -2.29. The van der Waals surface area contributed by atoms with Crippen molar-refractivity contribution < 1.29 is 8.42 Å². The van der Waals surface area contributed by atoms with Crippen LogP contribution in [0.4, 0.5) is 0 Å². The number of rotatable bonds is 5. The van der Waals surface area contributed by atoms with Gasteiger partial charge in [-0.15, -0.1) is 0 Å². The summed E-state index contributed by atoms with van der Waals surface area (Å²) >= 11 is 11.8. The van der Waals surface area contributed by atoms with Gasteiger partial charge in [0.2, 0.25) is 0 Å². The number of hydrogen-bond donors (Lipinski definition) is 1. The Morgan fingerprint density at radius 1 is 1.28 bits per heavy atom. The average molecular weight is 310 g/mol. The van der Waals surface area contributed by atoms with Gasteiger partial charge in [-0.3, -0.25) is 0 Å². The summed E-state index contributed by atoms with van der Waals surface area (Å²) in [5.41, 5.74) is 0. The number of benzene rings is 1. The number of nitrogens with one attached hydrogen (secondary N) is 1. The van der Waals surface area contributed by atoms with E-state index in [9.17, 15) is 8.42 Å². The first-order chi connectivity index (χ1) is 8.28. The zero-order valence-corrected chi connectivity index (χ0v) is 12.9. The molecule has 6 heteroatoms. The SMILES string of the molecule is CNC(C)CC(C)S(=O)(=O)c1cc(Cl)ccc1Cl. The number of hydrogen-bond acceptors (Lipinski definition) is 3. The molecule has 0 fully saturated rings. The smallest absolute Gasteiger partial charge is 0.182 e. The molecule has 0 saturated carbocycles. The van der Waals surface area contributed by atoms with Crippen LogP contribution in [0.2, 0.25) is 10.0 Å². The molecule has 0 saturated heterocycles.